The molecule has 0 rings (SSSR count). The second kappa shape index (κ2) is 7.86. The van der Waals surface area contributed by atoms with Crippen LogP contribution in [0.3, 0.4) is 0 Å². The third kappa shape index (κ3) is 6.47. The molecule has 2 unspecified atom stereocenters. The van der Waals surface area contributed by atoms with Gasteiger partial charge in [-0.3, -0.25) is 4.55 Å². The van der Waals surface area contributed by atoms with Crippen molar-refractivity contribution in [2.75, 3.05) is 6.61 Å². The Morgan fingerprint density at radius 2 is 1.61 bits per heavy atom. The number of ether oxygens (including phenoxy) is 1. The van der Waals surface area contributed by atoms with Crippen molar-refractivity contribution in [3.8, 4) is 0 Å². The average Bonchev–Trinajstić information content (AvgIpc) is 2.07. The van der Waals surface area contributed by atoms with Crippen molar-refractivity contribution >= 4 is 65.8 Å². The molecule has 0 radical (unpaired) electrons. The SMILES string of the molecule is O=C(O)COC(C(=O)[O-])C(C(=O)[O-])S(=O)(=O)O.[Ca+2]. The summed E-state index contributed by atoms with van der Waals surface area (Å²) in [5.74, 6) is -6.46. The molecule has 0 saturated heterocycles. The predicted molar refractivity (Wildman–Crippen MR) is 48.5 cm³/mol. The number of hydrogen-bond donors (Lipinski definition) is 2. The molecule has 0 spiro atoms. The van der Waals surface area contributed by atoms with Crippen LogP contribution in [0.25, 0.3) is 0 Å². The minimum absolute atomic E-state index is 0. The first-order chi connectivity index (χ1) is 7.57. The standard InChI is InChI=1S/C6H8O10S.Ca/c7-2(8)1-16-3(5(9)10)4(6(11)12)17(13,14)15;/h3-4H,1H2,(H,7,8)(H,9,10)(H,11,12)(H,13,14,15);/q;+2/p-2. The van der Waals surface area contributed by atoms with Crippen LogP contribution in [0.4, 0.5) is 0 Å². The number of carbonyl (C=O) groups excluding carboxylic acids is 2. The molecule has 0 bridgehead atoms. The Morgan fingerprint density at radius 1 is 1.17 bits per heavy atom. The van der Waals surface area contributed by atoms with Crippen LogP contribution in [-0.2, 0) is 29.2 Å². The molecule has 12 heteroatoms. The smallest absolute Gasteiger partial charge is 0.549 e. The minimum atomic E-state index is -5.36. The van der Waals surface area contributed by atoms with E-state index in [4.69, 9.17) is 9.66 Å². The van der Waals surface area contributed by atoms with Crippen LogP contribution in [0.1, 0.15) is 0 Å². The van der Waals surface area contributed by atoms with E-state index < -0.39 is 46.0 Å². The molecule has 0 saturated carbocycles. The molecule has 98 valence electrons. The predicted octanol–water partition coefficient (Wildman–Crippen LogP) is -5.17. The fraction of sp³-hybridized carbons (Fsp3) is 0.500. The van der Waals surface area contributed by atoms with Crippen molar-refractivity contribution in [3.63, 3.8) is 0 Å². The minimum Gasteiger partial charge on any atom is -0.549 e. The summed E-state index contributed by atoms with van der Waals surface area (Å²) in [6, 6.07) is 0. The Bertz CT molecular complexity index is 428. The van der Waals surface area contributed by atoms with Crippen molar-refractivity contribution in [2.24, 2.45) is 0 Å². The number of hydrogen-bond acceptors (Lipinski definition) is 8. The molecule has 10 nitrogen and oxygen atoms in total. The van der Waals surface area contributed by atoms with Gasteiger partial charge in [-0.25, -0.2) is 4.79 Å². The molecule has 0 heterocycles. The number of carboxylic acids is 3. The first-order valence-electron chi connectivity index (χ1n) is 3.78. The summed E-state index contributed by atoms with van der Waals surface area (Å²) in [5.41, 5.74) is 0. The van der Waals surface area contributed by atoms with E-state index in [0.717, 1.165) is 0 Å². The number of carboxylic acid groups (broad SMARTS) is 3. The van der Waals surface area contributed by atoms with E-state index in [1.807, 2.05) is 0 Å². The second-order valence-corrected chi connectivity index (χ2v) is 4.24. The number of aliphatic carboxylic acids is 3. The first kappa shape index (κ1) is 19.9. The van der Waals surface area contributed by atoms with Gasteiger partial charge in [0.15, 0.2) is 5.25 Å². The van der Waals surface area contributed by atoms with E-state index in [9.17, 15) is 33.0 Å². The molecule has 0 aromatic heterocycles. The molecular weight excluding hydrogens is 304 g/mol. The summed E-state index contributed by atoms with van der Waals surface area (Å²) in [6.07, 6.45) is -2.70. The zero-order valence-corrected chi connectivity index (χ0v) is 11.7. The Morgan fingerprint density at radius 3 is 1.83 bits per heavy atom. The van der Waals surface area contributed by atoms with Gasteiger partial charge < -0.3 is 29.6 Å². The largest absolute Gasteiger partial charge is 2.00 e. The van der Waals surface area contributed by atoms with Crippen LogP contribution < -0.4 is 10.2 Å². The van der Waals surface area contributed by atoms with Crippen LogP contribution >= 0.6 is 0 Å². The normalized spacial score (nSPS) is 14.1. The zero-order chi connectivity index (χ0) is 13.8. The van der Waals surface area contributed by atoms with Gasteiger partial charge in [0.25, 0.3) is 10.1 Å². The van der Waals surface area contributed by atoms with E-state index in [0.29, 0.717) is 0 Å². The maximum absolute atomic E-state index is 10.6. The molecule has 0 aromatic rings. The summed E-state index contributed by atoms with van der Waals surface area (Å²) in [7, 11) is -5.36. The molecular formula is C6H6CaO10S. The van der Waals surface area contributed by atoms with Crippen LogP contribution in [0.15, 0.2) is 0 Å². The fourth-order valence-corrected chi connectivity index (χ4v) is 1.59. The monoisotopic (exact) mass is 310 g/mol. The zero-order valence-electron chi connectivity index (χ0n) is 8.64. The van der Waals surface area contributed by atoms with Gasteiger partial charge in [-0.15, -0.1) is 0 Å². The summed E-state index contributed by atoms with van der Waals surface area (Å²) in [6.45, 7) is -1.29. The van der Waals surface area contributed by atoms with Gasteiger partial charge in [0, 0.05) is 0 Å². The van der Waals surface area contributed by atoms with Gasteiger partial charge in [-0.2, -0.15) is 8.42 Å². The summed E-state index contributed by atoms with van der Waals surface area (Å²) in [5, 5.41) is 26.0. The van der Waals surface area contributed by atoms with Crippen molar-refractivity contribution in [1.29, 1.82) is 0 Å². The molecule has 2 N–H and O–H groups in total. The summed E-state index contributed by atoms with van der Waals surface area (Å²) < 4.78 is 33.6. The van der Waals surface area contributed by atoms with Gasteiger partial charge in [0.2, 0.25) is 0 Å². The fourth-order valence-electron chi connectivity index (χ4n) is 0.841. The molecule has 0 aromatic carbocycles. The van der Waals surface area contributed by atoms with Crippen molar-refractivity contribution in [1.82, 2.24) is 0 Å². The Kier molecular flexibility index (Phi) is 8.68. The first-order valence-corrected chi connectivity index (χ1v) is 5.29. The van der Waals surface area contributed by atoms with E-state index in [1.54, 1.807) is 0 Å². The van der Waals surface area contributed by atoms with E-state index in [1.165, 1.54) is 0 Å². The molecule has 0 fully saturated rings. The van der Waals surface area contributed by atoms with Gasteiger partial charge in [-0.05, 0) is 0 Å². The maximum atomic E-state index is 10.6. The third-order valence-electron chi connectivity index (χ3n) is 1.45. The molecule has 2 atom stereocenters. The topological polar surface area (TPSA) is 181 Å². The quantitative estimate of drug-likeness (QED) is 0.340. The molecule has 18 heavy (non-hydrogen) atoms. The Hall–Kier alpha value is -0.460. The van der Waals surface area contributed by atoms with Crippen molar-refractivity contribution < 1.29 is 47.4 Å². The molecule has 0 amide bonds. The molecule has 0 aliphatic carbocycles. The average molecular weight is 310 g/mol. The number of rotatable bonds is 7. The van der Waals surface area contributed by atoms with Crippen LogP contribution in [-0.4, -0.2) is 91.7 Å². The third-order valence-corrected chi connectivity index (χ3v) is 2.53. The van der Waals surface area contributed by atoms with Crippen molar-refractivity contribution in [2.45, 2.75) is 11.4 Å². The number of carbonyl (C=O) groups is 3. The summed E-state index contributed by atoms with van der Waals surface area (Å²) in [4.78, 5) is 30.8. The van der Waals surface area contributed by atoms with E-state index in [-0.39, 0.29) is 37.7 Å². The molecule has 0 aliphatic rings. The van der Waals surface area contributed by atoms with Gasteiger partial charge in [0.05, 0.1) is 11.9 Å². The van der Waals surface area contributed by atoms with Crippen LogP contribution in [0, 0.1) is 0 Å². The van der Waals surface area contributed by atoms with E-state index in [2.05, 4.69) is 4.74 Å². The Labute approximate surface area is 130 Å². The van der Waals surface area contributed by atoms with Crippen LogP contribution in [0.2, 0.25) is 0 Å². The van der Waals surface area contributed by atoms with Gasteiger partial charge in [-0.1, -0.05) is 0 Å². The van der Waals surface area contributed by atoms with Gasteiger partial charge >= 0.3 is 43.7 Å². The Balaban J connectivity index is 0. The summed E-state index contributed by atoms with van der Waals surface area (Å²) >= 11 is 0. The van der Waals surface area contributed by atoms with Gasteiger partial charge in [0.1, 0.15) is 12.7 Å². The van der Waals surface area contributed by atoms with Crippen molar-refractivity contribution in [3.05, 3.63) is 0 Å². The molecule has 0 aliphatic heterocycles. The maximum Gasteiger partial charge on any atom is 2.00 e. The second-order valence-electron chi connectivity index (χ2n) is 2.70. The van der Waals surface area contributed by atoms with E-state index >= 15 is 0 Å². The van der Waals surface area contributed by atoms with Crippen LogP contribution in [0.5, 0.6) is 0 Å².